The molecule has 4 nitrogen and oxygen atoms in total. The summed E-state index contributed by atoms with van der Waals surface area (Å²) in [6, 6.07) is 7.63. The van der Waals surface area contributed by atoms with E-state index in [2.05, 4.69) is 9.97 Å². The van der Waals surface area contributed by atoms with Crippen LogP contribution < -0.4 is 10.4 Å². The number of benzene rings is 1. The molecule has 0 aliphatic heterocycles. The molecular weight excluding hydrogens is 216 g/mol. The molecule has 0 radical (unpaired) electrons. The van der Waals surface area contributed by atoms with Crippen LogP contribution in [0.4, 0.5) is 0 Å². The third kappa shape index (κ3) is 2.53. The first-order chi connectivity index (χ1) is 8.20. The van der Waals surface area contributed by atoms with Gasteiger partial charge in [0.05, 0.1) is 12.3 Å². The molecule has 0 aliphatic rings. The van der Waals surface area contributed by atoms with Gasteiger partial charge < -0.3 is 9.72 Å². The summed E-state index contributed by atoms with van der Waals surface area (Å²) in [5.74, 6) is 0.794. The molecule has 17 heavy (non-hydrogen) atoms. The van der Waals surface area contributed by atoms with E-state index in [0.29, 0.717) is 6.61 Å². The number of hydrogen-bond acceptors (Lipinski definition) is 3. The Hall–Kier alpha value is -2.10. The lowest BCUT2D eigenvalue weighted by Gasteiger charge is -2.07. The number of ether oxygens (including phenoxy) is 1. The Morgan fingerprint density at radius 3 is 3.00 bits per heavy atom. The zero-order valence-corrected chi connectivity index (χ0v) is 9.86. The van der Waals surface area contributed by atoms with Gasteiger partial charge in [0.25, 0.3) is 0 Å². The average molecular weight is 230 g/mol. The highest BCUT2D eigenvalue weighted by Crippen LogP contribution is 2.23. The molecule has 1 aromatic carbocycles. The number of nitrogens with zero attached hydrogens (tertiary/aromatic N) is 1. The molecule has 2 aromatic rings. The second-order valence-electron chi connectivity index (χ2n) is 3.71. The lowest BCUT2D eigenvalue weighted by Crippen LogP contribution is -2.11. The minimum atomic E-state index is -0.340. The average Bonchev–Trinajstić information content (AvgIpc) is 2.33. The molecule has 2 rings (SSSR count). The van der Waals surface area contributed by atoms with E-state index in [1.807, 2.05) is 38.1 Å². The third-order valence-electron chi connectivity index (χ3n) is 2.44. The van der Waals surface area contributed by atoms with Gasteiger partial charge in [-0.05, 0) is 31.5 Å². The first-order valence-electron chi connectivity index (χ1n) is 5.50. The maximum atomic E-state index is 11.2. The van der Waals surface area contributed by atoms with Crippen LogP contribution in [0.3, 0.4) is 0 Å². The SMILES string of the molecule is CCOc1cccc(-c2[nH]c(=O)ncc2C)c1. The highest BCUT2D eigenvalue weighted by Gasteiger charge is 2.04. The van der Waals surface area contributed by atoms with Gasteiger partial charge in [0.2, 0.25) is 0 Å². The van der Waals surface area contributed by atoms with Crippen molar-refractivity contribution in [1.82, 2.24) is 9.97 Å². The number of rotatable bonds is 3. The molecule has 1 aromatic heterocycles. The molecule has 1 N–H and O–H groups in total. The molecule has 0 fully saturated rings. The van der Waals surface area contributed by atoms with Crippen molar-refractivity contribution >= 4 is 0 Å². The quantitative estimate of drug-likeness (QED) is 0.878. The monoisotopic (exact) mass is 230 g/mol. The Balaban J connectivity index is 2.48. The number of nitrogens with one attached hydrogen (secondary N) is 1. The molecule has 0 bridgehead atoms. The van der Waals surface area contributed by atoms with Crippen LogP contribution in [0.15, 0.2) is 35.3 Å². The molecule has 0 saturated heterocycles. The fourth-order valence-electron chi connectivity index (χ4n) is 1.67. The van der Waals surface area contributed by atoms with Gasteiger partial charge in [-0.15, -0.1) is 0 Å². The number of aromatic amines is 1. The summed E-state index contributed by atoms with van der Waals surface area (Å²) in [4.78, 5) is 17.6. The van der Waals surface area contributed by atoms with E-state index >= 15 is 0 Å². The van der Waals surface area contributed by atoms with E-state index in [1.54, 1.807) is 6.20 Å². The number of aromatic nitrogens is 2. The van der Waals surface area contributed by atoms with Gasteiger partial charge in [0.1, 0.15) is 5.75 Å². The summed E-state index contributed by atoms with van der Waals surface area (Å²) >= 11 is 0. The Kier molecular flexibility index (Phi) is 3.23. The molecular formula is C13H14N2O2. The van der Waals surface area contributed by atoms with Crippen LogP contribution in [0.2, 0.25) is 0 Å². The molecule has 0 aliphatic carbocycles. The van der Waals surface area contributed by atoms with Crippen molar-refractivity contribution in [3.8, 4) is 17.0 Å². The van der Waals surface area contributed by atoms with Crippen LogP contribution >= 0.6 is 0 Å². The lowest BCUT2D eigenvalue weighted by atomic mass is 10.1. The van der Waals surface area contributed by atoms with E-state index in [9.17, 15) is 4.79 Å². The van der Waals surface area contributed by atoms with Gasteiger partial charge in [0, 0.05) is 11.8 Å². The second kappa shape index (κ2) is 4.82. The maximum absolute atomic E-state index is 11.2. The van der Waals surface area contributed by atoms with Crippen molar-refractivity contribution < 1.29 is 4.74 Å². The third-order valence-corrected chi connectivity index (χ3v) is 2.44. The van der Waals surface area contributed by atoms with Crippen molar-refractivity contribution in [2.24, 2.45) is 0 Å². The van der Waals surface area contributed by atoms with Crippen molar-refractivity contribution in [2.75, 3.05) is 6.61 Å². The summed E-state index contributed by atoms with van der Waals surface area (Å²) in [5.41, 5.74) is 2.30. The van der Waals surface area contributed by atoms with Crippen molar-refractivity contribution in [3.05, 3.63) is 46.5 Å². The molecule has 0 unspecified atom stereocenters. The summed E-state index contributed by atoms with van der Waals surface area (Å²) in [5, 5.41) is 0. The van der Waals surface area contributed by atoms with Crippen molar-refractivity contribution in [1.29, 1.82) is 0 Å². The molecule has 1 heterocycles. The van der Waals surface area contributed by atoms with Crippen molar-refractivity contribution in [3.63, 3.8) is 0 Å². The van der Waals surface area contributed by atoms with Gasteiger partial charge in [0.15, 0.2) is 0 Å². The lowest BCUT2D eigenvalue weighted by molar-refractivity contribution is 0.340. The molecule has 88 valence electrons. The normalized spacial score (nSPS) is 10.2. The van der Waals surface area contributed by atoms with E-state index in [4.69, 9.17) is 4.74 Å². The first-order valence-corrected chi connectivity index (χ1v) is 5.50. The minimum Gasteiger partial charge on any atom is -0.494 e. The summed E-state index contributed by atoms with van der Waals surface area (Å²) in [6.45, 7) is 4.47. The Bertz CT molecular complexity index is 576. The Morgan fingerprint density at radius 2 is 2.24 bits per heavy atom. The number of aryl methyl sites for hydroxylation is 1. The van der Waals surface area contributed by atoms with E-state index in [-0.39, 0.29) is 5.69 Å². The molecule has 0 saturated carbocycles. The zero-order chi connectivity index (χ0) is 12.3. The largest absolute Gasteiger partial charge is 0.494 e. The predicted molar refractivity (Wildman–Crippen MR) is 66.2 cm³/mol. The van der Waals surface area contributed by atoms with Crippen LogP contribution in [0.25, 0.3) is 11.3 Å². The Labute approximate surface area is 99.3 Å². The molecule has 0 spiro atoms. The van der Waals surface area contributed by atoms with E-state index in [0.717, 1.165) is 22.6 Å². The summed E-state index contributed by atoms with van der Waals surface area (Å²) in [7, 11) is 0. The van der Waals surface area contributed by atoms with Crippen LogP contribution in [-0.4, -0.2) is 16.6 Å². The first kappa shape index (κ1) is 11.4. The van der Waals surface area contributed by atoms with Gasteiger partial charge in [-0.25, -0.2) is 9.78 Å². The minimum absolute atomic E-state index is 0.340. The van der Waals surface area contributed by atoms with Crippen molar-refractivity contribution in [2.45, 2.75) is 13.8 Å². The molecule has 0 atom stereocenters. The van der Waals surface area contributed by atoms with Gasteiger partial charge in [-0.2, -0.15) is 0 Å². The summed E-state index contributed by atoms with van der Waals surface area (Å²) < 4.78 is 5.43. The van der Waals surface area contributed by atoms with Gasteiger partial charge >= 0.3 is 5.69 Å². The molecule has 4 heteroatoms. The van der Waals surface area contributed by atoms with E-state index < -0.39 is 0 Å². The number of H-pyrrole nitrogens is 1. The second-order valence-corrected chi connectivity index (χ2v) is 3.71. The smallest absolute Gasteiger partial charge is 0.345 e. The topological polar surface area (TPSA) is 55.0 Å². The van der Waals surface area contributed by atoms with Gasteiger partial charge in [-0.3, -0.25) is 0 Å². The number of hydrogen-bond donors (Lipinski definition) is 1. The van der Waals surface area contributed by atoms with E-state index in [1.165, 1.54) is 0 Å². The van der Waals surface area contributed by atoms with Crippen LogP contribution in [0.5, 0.6) is 5.75 Å². The van der Waals surface area contributed by atoms with Crippen LogP contribution in [0.1, 0.15) is 12.5 Å². The fourth-order valence-corrected chi connectivity index (χ4v) is 1.67. The highest BCUT2D eigenvalue weighted by atomic mass is 16.5. The Morgan fingerprint density at radius 1 is 1.41 bits per heavy atom. The maximum Gasteiger partial charge on any atom is 0.345 e. The summed E-state index contributed by atoms with van der Waals surface area (Å²) in [6.07, 6.45) is 1.57. The fraction of sp³-hybridized carbons (Fsp3) is 0.231. The predicted octanol–water partition coefficient (Wildman–Crippen LogP) is 2.14. The van der Waals surface area contributed by atoms with Gasteiger partial charge in [-0.1, -0.05) is 12.1 Å². The highest BCUT2D eigenvalue weighted by molar-refractivity contribution is 5.63. The standard InChI is InChI=1S/C13H14N2O2/c1-3-17-11-6-4-5-10(7-11)12-9(2)8-14-13(16)15-12/h4-8H,3H2,1-2H3,(H,14,15,16). The van der Waals surface area contributed by atoms with Crippen LogP contribution in [0, 0.1) is 6.92 Å². The van der Waals surface area contributed by atoms with Crippen LogP contribution in [-0.2, 0) is 0 Å². The zero-order valence-electron chi connectivity index (χ0n) is 9.86. The molecule has 0 amide bonds.